The van der Waals surface area contributed by atoms with E-state index in [0.717, 1.165) is 17.2 Å². The van der Waals surface area contributed by atoms with E-state index >= 15 is 0 Å². The largest absolute Gasteiger partial charge is 0.332 e. The number of fused-ring (bicyclic) bond motifs is 1. The zero-order valence-electron chi connectivity index (χ0n) is 6.90. The molecule has 1 aromatic heterocycles. The topological polar surface area (TPSA) is 22.0 Å². The summed E-state index contributed by atoms with van der Waals surface area (Å²) in [6, 6.07) is 8.08. The summed E-state index contributed by atoms with van der Waals surface area (Å²) in [6.45, 7) is 0. The van der Waals surface area contributed by atoms with Gasteiger partial charge in [-0.2, -0.15) is 0 Å². The molecule has 1 aromatic carbocycles. The van der Waals surface area contributed by atoms with E-state index in [1.165, 1.54) is 0 Å². The van der Waals surface area contributed by atoms with Crippen LogP contribution in [0.3, 0.4) is 0 Å². The lowest BCUT2D eigenvalue weighted by atomic mass is 10.2. The van der Waals surface area contributed by atoms with Gasteiger partial charge in [-0.05, 0) is 6.07 Å². The predicted molar refractivity (Wildman–Crippen MR) is 53.2 cm³/mol. The second kappa shape index (κ2) is 3.23. The van der Waals surface area contributed by atoms with Crippen molar-refractivity contribution >= 4 is 28.8 Å². The van der Waals surface area contributed by atoms with Crippen LogP contribution in [-0.4, -0.2) is 10.9 Å². The Balaban J connectivity index is 2.81. The number of hydrogen-bond donors (Lipinski definition) is 0. The SMILES string of the molecule is O=Cc1cn(CCl)c2ccccc12. The molecule has 0 unspecified atom stereocenters. The quantitative estimate of drug-likeness (QED) is 0.531. The molecule has 3 heteroatoms. The maximum Gasteiger partial charge on any atom is 0.152 e. The number of aldehydes is 1. The van der Waals surface area contributed by atoms with E-state index < -0.39 is 0 Å². The molecule has 0 aliphatic rings. The Morgan fingerprint density at radius 1 is 1.38 bits per heavy atom. The fourth-order valence-electron chi connectivity index (χ4n) is 1.47. The van der Waals surface area contributed by atoms with Crippen LogP contribution < -0.4 is 0 Å². The van der Waals surface area contributed by atoms with Gasteiger partial charge in [0.25, 0.3) is 0 Å². The Kier molecular flexibility index (Phi) is 2.07. The number of alkyl halides is 1. The number of halogens is 1. The molecule has 0 fully saturated rings. The smallest absolute Gasteiger partial charge is 0.152 e. The molecule has 0 bridgehead atoms. The summed E-state index contributed by atoms with van der Waals surface area (Å²) >= 11 is 5.72. The standard InChI is InChI=1S/C10H8ClNO/c11-7-12-5-8(6-13)9-3-1-2-4-10(9)12/h1-6H,7H2. The lowest BCUT2D eigenvalue weighted by Gasteiger charge is -1.96. The maximum absolute atomic E-state index is 10.7. The Labute approximate surface area is 80.7 Å². The van der Waals surface area contributed by atoms with Crippen LogP contribution in [0.2, 0.25) is 0 Å². The van der Waals surface area contributed by atoms with Crippen LogP contribution in [0.1, 0.15) is 10.4 Å². The molecule has 66 valence electrons. The van der Waals surface area contributed by atoms with Crippen LogP contribution in [0.4, 0.5) is 0 Å². The molecule has 2 rings (SSSR count). The van der Waals surface area contributed by atoms with Gasteiger partial charge in [0.1, 0.15) is 0 Å². The third-order valence-corrected chi connectivity index (χ3v) is 2.33. The van der Waals surface area contributed by atoms with Gasteiger partial charge in [0, 0.05) is 22.7 Å². The molecule has 2 nitrogen and oxygen atoms in total. The second-order valence-electron chi connectivity index (χ2n) is 2.81. The summed E-state index contributed by atoms with van der Waals surface area (Å²) in [4.78, 5) is 10.7. The van der Waals surface area contributed by atoms with E-state index in [-0.39, 0.29) is 0 Å². The lowest BCUT2D eigenvalue weighted by molar-refractivity contribution is 0.112. The van der Waals surface area contributed by atoms with Gasteiger partial charge in [-0.15, -0.1) is 11.6 Å². The molecular weight excluding hydrogens is 186 g/mol. The van der Waals surface area contributed by atoms with Crippen molar-refractivity contribution in [3.8, 4) is 0 Å². The highest BCUT2D eigenvalue weighted by Gasteiger charge is 2.05. The van der Waals surface area contributed by atoms with E-state index in [0.29, 0.717) is 11.6 Å². The highest BCUT2D eigenvalue weighted by atomic mass is 35.5. The first-order chi connectivity index (χ1) is 6.36. The first-order valence-corrected chi connectivity index (χ1v) is 4.49. The fraction of sp³-hybridized carbons (Fsp3) is 0.100. The molecule has 2 aromatic rings. The van der Waals surface area contributed by atoms with Gasteiger partial charge in [-0.25, -0.2) is 0 Å². The van der Waals surface area contributed by atoms with Crippen molar-refractivity contribution in [3.05, 3.63) is 36.0 Å². The summed E-state index contributed by atoms with van der Waals surface area (Å²) in [7, 11) is 0. The predicted octanol–water partition coefficient (Wildman–Crippen LogP) is 2.65. The lowest BCUT2D eigenvalue weighted by Crippen LogP contribution is -1.87. The van der Waals surface area contributed by atoms with Gasteiger partial charge in [0.05, 0.1) is 6.00 Å². The third kappa shape index (κ3) is 1.23. The molecular formula is C10H8ClNO. The second-order valence-corrected chi connectivity index (χ2v) is 3.05. The minimum Gasteiger partial charge on any atom is -0.332 e. The summed E-state index contributed by atoms with van der Waals surface area (Å²) in [5.41, 5.74) is 1.69. The first kappa shape index (κ1) is 8.32. The number of carbonyl (C=O) groups excluding carboxylic acids is 1. The molecule has 0 atom stereocenters. The van der Waals surface area contributed by atoms with E-state index in [4.69, 9.17) is 11.6 Å². The van der Waals surface area contributed by atoms with Crippen LogP contribution in [0.15, 0.2) is 30.5 Å². The van der Waals surface area contributed by atoms with Crippen LogP contribution in [0, 0.1) is 0 Å². The average molecular weight is 194 g/mol. The number of rotatable bonds is 2. The van der Waals surface area contributed by atoms with E-state index in [1.807, 2.05) is 28.8 Å². The van der Waals surface area contributed by atoms with Gasteiger partial charge in [0.2, 0.25) is 0 Å². The molecule has 0 amide bonds. The molecule has 0 aliphatic heterocycles. The summed E-state index contributed by atoms with van der Waals surface area (Å²) < 4.78 is 1.85. The molecule has 0 radical (unpaired) electrons. The zero-order valence-corrected chi connectivity index (χ0v) is 7.66. The van der Waals surface area contributed by atoms with Gasteiger partial charge in [-0.1, -0.05) is 18.2 Å². The number of carbonyl (C=O) groups is 1. The average Bonchev–Trinajstić information content (AvgIpc) is 2.56. The Bertz CT molecular complexity index is 447. The van der Waals surface area contributed by atoms with Crippen molar-refractivity contribution in [1.29, 1.82) is 0 Å². The maximum atomic E-state index is 10.7. The van der Waals surface area contributed by atoms with Gasteiger partial charge in [-0.3, -0.25) is 4.79 Å². The van der Waals surface area contributed by atoms with Crippen molar-refractivity contribution in [1.82, 2.24) is 4.57 Å². The number of benzene rings is 1. The fourth-order valence-corrected chi connectivity index (χ4v) is 1.67. The normalized spacial score (nSPS) is 10.5. The molecule has 1 heterocycles. The van der Waals surface area contributed by atoms with E-state index in [9.17, 15) is 4.79 Å². The number of hydrogen-bond acceptors (Lipinski definition) is 1. The summed E-state index contributed by atoms with van der Waals surface area (Å²) in [5.74, 6) is 0. The monoisotopic (exact) mass is 193 g/mol. The van der Waals surface area contributed by atoms with E-state index in [1.54, 1.807) is 6.20 Å². The van der Waals surface area contributed by atoms with Crippen LogP contribution in [-0.2, 0) is 6.00 Å². The first-order valence-electron chi connectivity index (χ1n) is 3.96. The van der Waals surface area contributed by atoms with Crippen molar-refractivity contribution in [2.24, 2.45) is 0 Å². The molecule has 0 saturated carbocycles. The molecule has 0 N–H and O–H groups in total. The minimum absolute atomic E-state index is 0.369. The minimum atomic E-state index is 0.369. The van der Waals surface area contributed by atoms with Crippen molar-refractivity contribution in [2.75, 3.05) is 0 Å². The van der Waals surface area contributed by atoms with Crippen molar-refractivity contribution < 1.29 is 4.79 Å². The Morgan fingerprint density at radius 3 is 2.85 bits per heavy atom. The van der Waals surface area contributed by atoms with Gasteiger partial charge in [0.15, 0.2) is 6.29 Å². The number of nitrogens with zero attached hydrogens (tertiary/aromatic N) is 1. The van der Waals surface area contributed by atoms with Crippen molar-refractivity contribution in [3.63, 3.8) is 0 Å². The summed E-state index contributed by atoms with van der Waals surface area (Å²) in [6.07, 6.45) is 2.62. The Morgan fingerprint density at radius 2 is 2.15 bits per heavy atom. The Hall–Kier alpha value is -1.28. The molecule has 13 heavy (non-hydrogen) atoms. The highest BCUT2D eigenvalue weighted by molar-refractivity contribution is 6.16. The number of para-hydroxylation sites is 1. The summed E-state index contributed by atoms with van der Waals surface area (Å²) in [5, 5.41) is 0.957. The highest BCUT2D eigenvalue weighted by Crippen LogP contribution is 2.19. The zero-order chi connectivity index (χ0) is 9.26. The molecule has 0 saturated heterocycles. The van der Waals surface area contributed by atoms with Crippen LogP contribution in [0.5, 0.6) is 0 Å². The van der Waals surface area contributed by atoms with Crippen molar-refractivity contribution in [2.45, 2.75) is 6.00 Å². The van der Waals surface area contributed by atoms with Crippen LogP contribution in [0.25, 0.3) is 10.9 Å². The van der Waals surface area contributed by atoms with Gasteiger partial charge >= 0.3 is 0 Å². The molecule has 0 aliphatic carbocycles. The molecule has 0 spiro atoms. The van der Waals surface area contributed by atoms with Gasteiger partial charge < -0.3 is 4.57 Å². The van der Waals surface area contributed by atoms with E-state index in [2.05, 4.69) is 0 Å². The van der Waals surface area contributed by atoms with Crippen LogP contribution >= 0.6 is 11.6 Å². The number of aromatic nitrogens is 1. The third-order valence-electron chi connectivity index (χ3n) is 2.08.